The molecular formula is C36H59N3O8. The number of esters is 1. The molecule has 0 unspecified atom stereocenters. The van der Waals surface area contributed by atoms with Crippen LogP contribution in [-0.2, 0) is 28.5 Å². The molecule has 2 aliphatic rings. The summed E-state index contributed by atoms with van der Waals surface area (Å²) in [6.07, 6.45) is -1.11. The molecule has 1 amide bonds. The maximum atomic E-state index is 14.3. The fourth-order valence-electron chi connectivity index (χ4n) is 7.13. The van der Waals surface area contributed by atoms with Crippen LogP contribution in [0.2, 0.25) is 0 Å². The summed E-state index contributed by atoms with van der Waals surface area (Å²) < 4.78 is 24.7. The molecule has 0 aliphatic carbocycles. The van der Waals surface area contributed by atoms with Crippen molar-refractivity contribution in [3.63, 3.8) is 0 Å². The van der Waals surface area contributed by atoms with Crippen LogP contribution in [0.1, 0.15) is 71.2 Å². The first-order chi connectivity index (χ1) is 22.0. The number of rotatable bonds is 5. The molecule has 1 N–H and O–H groups in total. The number of likely N-dealkylation sites (N-methyl/N-ethyl adjacent to an activating group) is 1. The monoisotopic (exact) mass is 661 g/mol. The molecule has 47 heavy (non-hydrogen) atoms. The Balaban J connectivity index is 1.95. The van der Waals surface area contributed by atoms with Crippen LogP contribution in [0, 0.1) is 17.3 Å². The first kappa shape index (κ1) is 39.0. The Morgan fingerprint density at radius 3 is 2.32 bits per heavy atom. The SMILES string of the molecule is CO[C@]1(C)C[C@@H](C)CN(C)CCCN(C(=O)c2ccccc2)CCOC(=O)C(C)(C)C(=O)[C@H](C)[C@H]1O[C@@H]1O[C@H](C)C[C@H](N(C)C)[C@H]1O. The zero-order chi connectivity index (χ0) is 35.1. The molecule has 11 heteroatoms. The lowest BCUT2D eigenvalue weighted by molar-refractivity contribution is -0.295. The number of carbonyl (C=O) groups is 3. The van der Waals surface area contributed by atoms with Crippen molar-refractivity contribution < 1.29 is 38.4 Å². The molecule has 3 rings (SSSR count). The number of amides is 1. The summed E-state index contributed by atoms with van der Waals surface area (Å²) >= 11 is 0. The summed E-state index contributed by atoms with van der Waals surface area (Å²) in [5, 5.41) is 11.3. The first-order valence-electron chi connectivity index (χ1n) is 17.0. The third-order valence-electron chi connectivity index (χ3n) is 9.87. The van der Waals surface area contributed by atoms with E-state index in [9.17, 15) is 19.5 Å². The minimum absolute atomic E-state index is 0.0446. The van der Waals surface area contributed by atoms with Gasteiger partial charge in [0.05, 0.1) is 24.4 Å². The van der Waals surface area contributed by atoms with E-state index in [1.807, 2.05) is 51.0 Å². The summed E-state index contributed by atoms with van der Waals surface area (Å²) in [4.78, 5) is 47.1. The van der Waals surface area contributed by atoms with Gasteiger partial charge in [-0.3, -0.25) is 14.4 Å². The van der Waals surface area contributed by atoms with E-state index < -0.39 is 41.4 Å². The molecule has 2 saturated heterocycles. The molecule has 266 valence electrons. The Hall–Kier alpha value is -2.41. The summed E-state index contributed by atoms with van der Waals surface area (Å²) in [6.45, 7) is 13.0. The molecule has 2 fully saturated rings. The van der Waals surface area contributed by atoms with Gasteiger partial charge in [0, 0.05) is 37.7 Å². The number of aliphatic hydroxyl groups excluding tert-OH is 1. The zero-order valence-corrected chi connectivity index (χ0v) is 30.2. The van der Waals surface area contributed by atoms with E-state index >= 15 is 0 Å². The van der Waals surface area contributed by atoms with Crippen molar-refractivity contribution in [3.05, 3.63) is 35.9 Å². The van der Waals surface area contributed by atoms with Crippen LogP contribution in [0.5, 0.6) is 0 Å². The molecule has 2 aliphatic heterocycles. The number of cyclic esters (lactones) is 1. The van der Waals surface area contributed by atoms with E-state index in [1.54, 1.807) is 44.9 Å². The van der Waals surface area contributed by atoms with Crippen molar-refractivity contribution in [2.45, 2.75) is 97.0 Å². The minimum atomic E-state index is -1.52. The van der Waals surface area contributed by atoms with Gasteiger partial charge in [0.1, 0.15) is 18.1 Å². The Morgan fingerprint density at radius 2 is 1.70 bits per heavy atom. The van der Waals surface area contributed by atoms with Crippen LogP contribution < -0.4 is 0 Å². The summed E-state index contributed by atoms with van der Waals surface area (Å²) in [5.74, 6) is -1.88. The van der Waals surface area contributed by atoms with Crippen LogP contribution in [0.4, 0.5) is 0 Å². The highest BCUT2D eigenvalue weighted by Crippen LogP contribution is 2.38. The van der Waals surface area contributed by atoms with Crippen molar-refractivity contribution in [1.82, 2.24) is 14.7 Å². The van der Waals surface area contributed by atoms with Gasteiger partial charge in [-0.1, -0.05) is 32.0 Å². The fraction of sp³-hybridized carbons (Fsp3) is 0.750. The van der Waals surface area contributed by atoms with Gasteiger partial charge in [0.2, 0.25) is 0 Å². The molecule has 1 aromatic carbocycles. The highest BCUT2D eigenvalue weighted by atomic mass is 16.7. The number of nitrogens with zero attached hydrogens (tertiary/aromatic N) is 3. The number of benzene rings is 1. The largest absolute Gasteiger partial charge is 0.463 e. The lowest BCUT2D eigenvalue weighted by atomic mass is 9.74. The van der Waals surface area contributed by atoms with Gasteiger partial charge >= 0.3 is 5.97 Å². The van der Waals surface area contributed by atoms with Crippen LogP contribution in [0.25, 0.3) is 0 Å². The maximum absolute atomic E-state index is 14.3. The Labute approximate surface area is 281 Å². The van der Waals surface area contributed by atoms with Crippen molar-refractivity contribution in [1.29, 1.82) is 0 Å². The normalized spacial score (nSPS) is 34.1. The smallest absolute Gasteiger partial charge is 0.319 e. The lowest BCUT2D eigenvalue weighted by Crippen LogP contribution is -2.59. The van der Waals surface area contributed by atoms with Crippen molar-refractivity contribution >= 4 is 17.7 Å². The predicted octanol–water partition coefficient (Wildman–Crippen LogP) is 3.48. The molecule has 11 nitrogen and oxygen atoms in total. The van der Waals surface area contributed by atoms with Crippen molar-refractivity contribution in [2.75, 3.05) is 61.0 Å². The van der Waals surface area contributed by atoms with E-state index in [0.29, 0.717) is 24.9 Å². The number of Topliss-reactive ketones (excluding diaryl/α,β-unsaturated/α-hetero) is 1. The number of carbonyl (C=O) groups excluding carboxylic acids is 3. The van der Waals surface area contributed by atoms with Gasteiger partial charge in [0.15, 0.2) is 12.1 Å². The minimum Gasteiger partial charge on any atom is -0.463 e. The topological polar surface area (TPSA) is 118 Å². The Bertz CT molecular complexity index is 1180. The van der Waals surface area contributed by atoms with E-state index in [0.717, 1.165) is 19.5 Å². The summed E-state index contributed by atoms with van der Waals surface area (Å²) in [5.41, 5.74) is -1.92. The highest BCUT2D eigenvalue weighted by Gasteiger charge is 2.51. The molecule has 0 bridgehead atoms. The first-order valence-corrected chi connectivity index (χ1v) is 17.0. The molecule has 0 saturated carbocycles. The van der Waals surface area contributed by atoms with Gasteiger partial charge in [0.25, 0.3) is 5.91 Å². The lowest BCUT2D eigenvalue weighted by Gasteiger charge is -2.47. The molecule has 8 atom stereocenters. The van der Waals surface area contributed by atoms with Gasteiger partial charge in [-0.05, 0) is 92.7 Å². The van der Waals surface area contributed by atoms with E-state index in [2.05, 4.69) is 18.9 Å². The van der Waals surface area contributed by atoms with Gasteiger partial charge in [-0.15, -0.1) is 0 Å². The fourth-order valence-corrected chi connectivity index (χ4v) is 7.13. The van der Waals surface area contributed by atoms with E-state index in [4.69, 9.17) is 18.9 Å². The van der Waals surface area contributed by atoms with Gasteiger partial charge in [-0.25, -0.2) is 0 Å². The third-order valence-corrected chi connectivity index (χ3v) is 9.87. The number of ether oxygens (including phenoxy) is 4. The predicted molar refractivity (Wildman–Crippen MR) is 180 cm³/mol. The van der Waals surface area contributed by atoms with Crippen LogP contribution in [0.3, 0.4) is 0 Å². The third kappa shape index (κ3) is 9.83. The Kier molecular flexibility index (Phi) is 14.0. The Morgan fingerprint density at radius 1 is 1.04 bits per heavy atom. The number of methoxy groups -OCH3 is 1. The van der Waals surface area contributed by atoms with Crippen molar-refractivity contribution in [2.24, 2.45) is 17.3 Å². The van der Waals surface area contributed by atoms with Gasteiger partial charge in [-0.2, -0.15) is 0 Å². The van der Waals surface area contributed by atoms with Crippen LogP contribution in [-0.4, -0.2) is 135 Å². The summed E-state index contributed by atoms with van der Waals surface area (Å²) in [7, 11) is 7.48. The van der Waals surface area contributed by atoms with E-state index in [-0.39, 0.29) is 42.9 Å². The molecule has 1 aromatic rings. The number of aliphatic hydroxyl groups is 1. The zero-order valence-electron chi connectivity index (χ0n) is 30.2. The number of hydrogen-bond donors (Lipinski definition) is 1. The number of hydrogen-bond acceptors (Lipinski definition) is 10. The molecular weight excluding hydrogens is 602 g/mol. The average Bonchev–Trinajstić information content (AvgIpc) is 3.02. The molecule has 2 heterocycles. The standard InChI is InChI=1S/C36H59N3O8/c1-24-22-36(6,44-10)31(47-33-29(40)28(37(7)8)21-25(2)46-33)26(3)30(41)35(4,5)34(43)45-20-19-39(18-14-17-38(9)23-24)32(42)27-15-12-11-13-16-27/h11-13,15-16,24-26,28-29,31,33,40H,14,17-23H2,1-10H3/t24-,25-,26+,28+,29-,31-,33+,36-/m1/s1. The second kappa shape index (κ2) is 16.8. The second-order valence-electron chi connectivity index (χ2n) is 14.6. The average molecular weight is 662 g/mol. The van der Waals surface area contributed by atoms with Crippen LogP contribution >= 0.6 is 0 Å². The maximum Gasteiger partial charge on any atom is 0.319 e. The molecule has 0 aromatic heterocycles. The summed E-state index contributed by atoms with van der Waals surface area (Å²) in [6, 6.07) is 8.86. The van der Waals surface area contributed by atoms with Crippen LogP contribution in [0.15, 0.2) is 30.3 Å². The van der Waals surface area contributed by atoms with E-state index in [1.165, 1.54) is 0 Å². The molecule has 0 radical (unpaired) electrons. The highest BCUT2D eigenvalue weighted by molar-refractivity contribution is 6.04. The quantitative estimate of drug-likeness (QED) is 0.371. The van der Waals surface area contributed by atoms with Gasteiger partial charge < -0.3 is 38.8 Å². The van der Waals surface area contributed by atoms with Crippen molar-refractivity contribution in [3.8, 4) is 0 Å². The second-order valence-corrected chi connectivity index (χ2v) is 14.6. The number of ketones is 1. The molecule has 0 spiro atoms.